The lowest BCUT2D eigenvalue weighted by atomic mass is 9.71. The van der Waals surface area contributed by atoms with Gasteiger partial charge in [0.2, 0.25) is 0 Å². The van der Waals surface area contributed by atoms with Gasteiger partial charge in [0.05, 0.1) is 23.9 Å². The quantitative estimate of drug-likeness (QED) is 0.460. The molecule has 2 aliphatic rings. The largest absolute Gasteiger partial charge is 0.508 e. The van der Waals surface area contributed by atoms with Crippen LogP contribution in [0.2, 0.25) is 0 Å². The zero-order valence-corrected chi connectivity index (χ0v) is 20.8. The third kappa shape index (κ3) is 4.52. The number of Topliss-reactive ketones (excluding diaryl/α,β-unsaturated/α-hetero) is 1. The molecule has 0 amide bonds. The number of para-hydroxylation sites is 1. The van der Waals surface area contributed by atoms with Crippen LogP contribution in [-0.4, -0.2) is 29.0 Å². The molecular formula is C28H26N2O5S. The van der Waals surface area contributed by atoms with Gasteiger partial charge in [-0.15, -0.1) is 11.3 Å². The smallest absolute Gasteiger partial charge is 0.337 e. The Morgan fingerprint density at radius 3 is 2.78 bits per heavy atom. The Morgan fingerprint density at radius 1 is 1.19 bits per heavy atom. The molecule has 0 unspecified atom stereocenters. The highest BCUT2D eigenvalue weighted by molar-refractivity contribution is 7.07. The molecule has 2 heterocycles. The number of phenolic OH excluding ortho intramolecular Hbond substituents is 1. The average Bonchev–Trinajstić information content (AvgIpc) is 3.40. The maximum absolute atomic E-state index is 13.7. The summed E-state index contributed by atoms with van der Waals surface area (Å²) >= 11 is 1.43. The van der Waals surface area contributed by atoms with Gasteiger partial charge in [0, 0.05) is 40.6 Å². The molecule has 3 aromatic rings. The Morgan fingerprint density at radius 2 is 2.03 bits per heavy atom. The van der Waals surface area contributed by atoms with Crippen LogP contribution in [0.5, 0.6) is 11.5 Å². The minimum atomic E-state index is -0.651. The van der Waals surface area contributed by atoms with Crippen LogP contribution in [0.3, 0.4) is 0 Å². The topological polar surface area (TPSA) is 97.8 Å². The number of benzene rings is 2. The predicted octanol–water partition coefficient (Wildman–Crippen LogP) is 4.96. The second-order valence-electron chi connectivity index (χ2n) is 8.91. The molecule has 184 valence electrons. The van der Waals surface area contributed by atoms with Crippen molar-refractivity contribution in [3.63, 3.8) is 0 Å². The SMILES string of the molecule is COc1ccccc1[C@H]1CC(=O)C2=C(C1)NC(C)=C(C(=O)OCc1cscn1)[C@H]2c1cccc(O)c1. The number of esters is 1. The van der Waals surface area contributed by atoms with E-state index in [1.807, 2.05) is 42.6 Å². The van der Waals surface area contributed by atoms with Crippen LogP contribution < -0.4 is 10.1 Å². The Balaban J connectivity index is 1.54. The van der Waals surface area contributed by atoms with Gasteiger partial charge in [-0.05, 0) is 42.7 Å². The highest BCUT2D eigenvalue weighted by Crippen LogP contribution is 2.47. The molecule has 2 atom stereocenters. The minimum Gasteiger partial charge on any atom is -0.508 e. The van der Waals surface area contributed by atoms with Gasteiger partial charge in [0.25, 0.3) is 0 Å². The van der Waals surface area contributed by atoms with Crippen molar-refractivity contribution in [2.24, 2.45) is 0 Å². The van der Waals surface area contributed by atoms with Crippen molar-refractivity contribution in [3.8, 4) is 11.5 Å². The summed E-state index contributed by atoms with van der Waals surface area (Å²) in [6.45, 7) is 1.86. The molecule has 5 rings (SSSR count). The van der Waals surface area contributed by atoms with E-state index in [9.17, 15) is 14.7 Å². The van der Waals surface area contributed by atoms with Crippen molar-refractivity contribution in [2.75, 3.05) is 7.11 Å². The average molecular weight is 503 g/mol. The van der Waals surface area contributed by atoms with Gasteiger partial charge in [-0.2, -0.15) is 0 Å². The molecule has 0 bridgehead atoms. The van der Waals surface area contributed by atoms with Gasteiger partial charge in [-0.3, -0.25) is 4.79 Å². The van der Waals surface area contributed by atoms with Crippen molar-refractivity contribution in [1.82, 2.24) is 10.3 Å². The van der Waals surface area contributed by atoms with Gasteiger partial charge in [-0.25, -0.2) is 9.78 Å². The van der Waals surface area contributed by atoms with Crippen LogP contribution in [0.15, 0.2) is 82.0 Å². The molecule has 0 saturated carbocycles. The summed E-state index contributed by atoms with van der Waals surface area (Å²) in [4.78, 5) is 31.3. The summed E-state index contributed by atoms with van der Waals surface area (Å²) in [6, 6.07) is 14.4. The minimum absolute atomic E-state index is 0.0433. The molecule has 36 heavy (non-hydrogen) atoms. The highest BCUT2D eigenvalue weighted by atomic mass is 32.1. The van der Waals surface area contributed by atoms with Crippen LogP contribution >= 0.6 is 11.3 Å². The van der Waals surface area contributed by atoms with Crippen LogP contribution in [0.1, 0.15) is 48.4 Å². The number of methoxy groups -OCH3 is 1. The molecule has 2 aromatic carbocycles. The number of dihydropyridines is 1. The second-order valence-corrected chi connectivity index (χ2v) is 9.63. The third-order valence-corrected chi connectivity index (χ3v) is 7.30. The number of nitrogens with zero attached hydrogens (tertiary/aromatic N) is 1. The number of carbonyl (C=O) groups is 2. The summed E-state index contributed by atoms with van der Waals surface area (Å²) in [5, 5.41) is 15.4. The maximum atomic E-state index is 13.7. The fourth-order valence-electron chi connectivity index (χ4n) is 5.10. The van der Waals surface area contributed by atoms with Crippen molar-refractivity contribution < 1.29 is 24.2 Å². The number of nitrogens with one attached hydrogen (secondary N) is 1. The number of hydrogen-bond donors (Lipinski definition) is 2. The second kappa shape index (κ2) is 9.99. The van der Waals surface area contributed by atoms with E-state index in [2.05, 4.69) is 10.3 Å². The predicted molar refractivity (Wildman–Crippen MR) is 136 cm³/mol. The number of phenols is 1. The molecule has 0 spiro atoms. The molecule has 1 aliphatic carbocycles. The summed E-state index contributed by atoms with van der Waals surface area (Å²) in [5.41, 5.74) is 6.29. The van der Waals surface area contributed by atoms with Crippen LogP contribution in [0.4, 0.5) is 0 Å². The standard InChI is InChI=1S/C28H26N2O5S/c1-16-25(28(33)35-13-19-14-36-15-29-19)26(17-6-5-7-20(31)10-17)27-22(30-16)11-18(12-23(27)32)21-8-3-4-9-24(21)34-2/h3-10,14-15,18,26,30-31H,11-13H2,1-2H3/t18-,26-/m1/s1. The van der Waals surface area contributed by atoms with E-state index in [-0.39, 0.29) is 30.5 Å². The Bertz CT molecular complexity index is 1380. The summed E-state index contributed by atoms with van der Waals surface area (Å²) in [5.74, 6) is -0.467. The van der Waals surface area contributed by atoms with Gasteiger partial charge in [-0.1, -0.05) is 30.3 Å². The van der Waals surface area contributed by atoms with Gasteiger partial charge in [0.1, 0.15) is 18.1 Å². The number of allylic oxidation sites excluding steroid dienone is 3. The van der Waals surface area contributed by atoms with Crippen molar-refractivity contribution >= 4 is 23.1 Å². The molecule has 2 N–H and O–H groups in total. The zero-order chi connectivity index (χ0) is 25.2. The first kappa shape index (κ1) is 23.8. The van der Waals surface area contributed by atoms with Crippen molar-refractivity contribution in [2.45, 2.75) is 38.2 Å². The number of ether oxygens (including phenoxy) is 2. The Hall–Kier alpha value is -3.91. The normalized spacial score (nSPS) is 19.6. The Labute approximate surface area is 213 Å². The van der Waals surface area contributed by atoms with Gasteiger partial charge < -0.3 is 19.9 Å². The van der Waals surface area contributed by atoms with Crippen LogP contribution in [0, 0.1) is 0 Å². The molecule has 1 aromatic heterocycles. The fraction of sp³-hybridized carbons (Fsp3) is 0.250. The van der Waals surface area contributed by atoms with Crippen LogP contribution in [-0.2, 0) is 20.9 Å². The maximum Gasteiger partial charge on any atom is 0.337 e. The van der Waals surface area contributed by atoms with E-state index in [0.717, 1.165) is 17.0 Å². The molecule has 8 heteroatoms. The van der Waals surface area contributed by atoms with Gasteiger partial charge in [0.15, 0.2) is 5.78 Å². The van der Waals surface area contributed by atoms with E-state index in [1.165, 1.54) is 11.3 Å². The number of ketones is 1. The van der Waals surface area contributed by atoms with E-state index < -0.39 is 11.9 Å². The first-order valence-electron chi connectivity index (χ1n) is 11.7. The Kier molecular flexibility index (Phi) is 6.61. The number of hydrogen-bond acceptors (Lipinski definition) is 8. The fourth-order valence-corrected chi connectivity index (χ4v) is 5.64. The third-order valence-electron chi connectivity index (χ3n) is 6.66. The zero-order valence-electron chi connectivity index (χ0n) is 20.0. The summed E-state index contributed by atoms with van der Waals surface area (Å²) < 4.78 is 11.2. The molecular weight excluding hydrogens is 476 g/mol. The van der Waals surface area contributed by atoms with E-state index in [0.29, 0.717) is 34.5 Å². The van der Waals surface area contributed by atoms with Crippen molar-refractivity contribution in [1.29, 1.82) is 0 Å². The first-order chi connectivity index (χ1) is 17.5. The number of aromatic hydroxyl groups is 1. The number of rotatable bonds is 6. The molecule has 7 nitrogen and oxygen atoms in total. The summed E-state index contributed by atoms with van der Waals surface area (Å²) in [6.07, 6.45) is 0.881. The van der Waals surface area contributed by atoms with Crippen LogP contribution in [0.25, 0.3) is 0 Å². The van der Waals surface area contributed by atoms with E-state index in [4.69, 9.17) is 9.47 Å². The van der Waals surface area contributed by atoms with E-state index in [1.54, 1.807) is 30.8 Å². The first-order valence-corrected chi connectivity index (χ1v) is 12.6. The van der Waals surface area contributed by atoms with Gasteiger partial charge >= 0.3 is 5.97 Å². The molecule has 1 aliphatic heterocycles. The molecule has 0 fully saturated rings. The molecule has 0 radical (unpaired) electrons. The number of thiazole rings is 1. The summed E-state index contributed by atoms with van der Waals surface area (Å²) in [7, 11) is 1.63. The monoisotopic (exact) mass is 502 g/mol. The lowest BCUT2D eigenvalue weighted by Crippen LogP contribution is -2.36. The van der Waals surface area contributed by atoms with Crippen molar-refractivity contribution in [3.05, 3.63) is 98.8 Å². The lowest BCUT2D eigenvalue weighted by Gasteiger charge is -2.37. The molecule has 0 saturated heterocycles. The number of carbonyl (C=O) groups excluding carboxylic acids is 2. The number of aromatic nitrogens is 1. The lowest BCUT2D eigenvalue weighted by molar-refractivity contribution is -0.140. The highest BCUT2D eigenvalue weighted by Gasteiger charge is 2.42. The van der Waals surface area contributed by atoms with E-state index >= 15 is 0 Å².